The lowest BCUT2D eigenvalue weighted by molar-refractivity contribution is -0.135. The Morgan fingerprint density at radius 3 is 2.58 bits per heavy atom. The maximum atomic E-state index is 11.9. The molecule has 0 radical (unpaired) electrons. The molecule has 2 aromatic carbocycles. The molecule has 138 valence electrons. The van der Waals surface area contributed by atoms with E-state index in [-0.39, 0.29) is 17.6 Å². The molecule has 1 heterocycles. The second-order valence-electron chi connectivity index (χ2n) is 6.40. The summed E-state index contributed by atoms with van der Waals surface area (Å²) in [6, 6.07) is 12.8. The number of carbonyl (C=O) groups is 1. The van der Waals surface area contributed by atoms with Crippen molar-refractivity contribution in [3.8, 4) is 17.2 Å². The summed E-state index contributed by atoms with van der Waals surface area (Å²) in [5, 5.41) is 9.61. The first-order chi connectivity index (χ1) is 12.6. The average Bonchev–Trinajstić information content (AvgIpc) is 2.65. The molecule has 1 aliphatic heterocycles. The van der Waals surface area contributed by atoms with E-state index in [0.717, 1.165) is 36.5 Å². The average molecular weight is 355 g/mol. The van der Waals surface area contributed by atoms with E-state index >= 15 is 0 Å². The van der Waals surface area contributed by atoms with Crippen LogP contribution in [-0.4, -0.2) is 42.2 Å². The number of aromatic hydroxyl groups is 1. The molecule has 0 fully saturated rings. The molecule has 3 rings (SSSR count). The van der Waals surface area contributed by atoms with E-state index < -0.39 is 0 Å². The fourth-order valence-corrected chi connectivity index (χ4v) is 3.27. The highest BCUT2D eigenvalue weighted by Gasteiger charge is 2.28. The normalized spacial score (nSPS) is 16.3. The lowest BCUT2D eigenvalue weighted by Crippen LogP contribution is -2.27. The van der Waals surface area contributed by atoms with E-state index in [1.54, 1.807) is 6.07 Å². The van der Waals surface area contributed by atoms with Crippen molar-refractivity contribution in [3.63, 3.8) is 0 Å². The first-order valence-electron chi connectivity index (χ1n) is 9.09. The molecule has 1 aliphatic rings. The first kappa shape index (κ1) is 18.3. The number of hydrogen-bond acceptors (Lipinski definition) is 5. The van der Waals surface area contributed by atoms with Gasteiger partial charge in [0, 0.05) is 24.1 Å². The van der Waals surface area contributed by atoms with Gasteiger partial charge in [-0.2, -0.15) is 0 Å². The highest BCUT2D eigenvalue weighted by molar-refractivity contribution is 5.78. The highest BCUT2D eigenvalue weighted by atomic mass is 16.5. The minimum Gasteiger partial charge on any atom is -0.508 e. The summed E-state index contributed by atoms with van der Waals surface area (Å²) in [5.74, 6) is 0.995. The third-order valence-corrected chi connectivity index (χ3v) is 4.82. The number of benzene rings is 2. The van der Waals surface area contributed by atoms with Gasteiger partial charge in [0.25, 0.3) is 0 Å². The van der Waals surface area contributed by atoms with Crippen molar-refractivity contribution < 1.29 is 19.4 Å². The van der Waals surface area contributed by atoms with Crippen LogP contribution >= 0.6 is 0 Å². The minimum absolute atomic E-state index is 0.0726. The van der Waals surface area contributed by atoms with E-state index in [2.05, 4.69) is 18.7 Å². The van der Waals surface area contributed by atoms with Crippen LogP contribution in [0.2, 0.25) is 0 Å². The maximum absolute atomic E-state index is 11.9. The third kappa shape index (κ3) is 4.17. The highest BCUT2D eigenvalue weighted by Crippen LogP contribution is 2.40. The molecule has 26 heavy (non-hydrogen) atoms. The Labute approximate surface area is 154 Å². The molecule has 1 atom stereocenters. The van der Waals surface area contributed by atoms with Gasteiger partial charge < -0.3 is 19.5 Å². The summed E-state index contributed by atoms with van der Waals surface area (Å²) < 4.78 is 11.1. The van der Waals surface area contributed by atoms with Gasteiger partial charge in [0.05, 0.1) is 6.42 Å². The monoisotopic (exact) mass is 355 g/mol. The molecule has 1 unspecified atom stereocenters. The van der Waals surface area contributed by atoms with Gasteiger partial charge in [-0.3, -0.25) is 4.79 Å². The van der Waals surface area contributed by atoms with Crippen LogP contribution in [0.25, 0.3) is 0 Å². The van der Waals surface area contributed by atoms with Crippen molar-refractivity contribution >= 4 is 5.97 Å². The third-order valence-electron chi connectivity index (χ3n) is 4.82. The molecule has 0 saturated heterocycles. The van der Waals surface area contributed by atoms with Crippen molar-refractivity contribution in [1.82, 2.24) is 4.90 Å². The zero-order valence-corrected chi connectivity index (χ0v) is 15.3. The second-order valence-corrected chi connectivity index (χ2v) is 6.40. The zero-order valence-electron chi connectivity index (χ0n) is 15.3. The zero-order chi connectivity index (χ0) is 18.5. The van der Waals surface area contributed by atoms with Crippen LogP contribution in [0.3, 0.4) is 0 Å². The molecule has 0 aromatic heterocycles. The first-order valence-corrected chi connectivity index (χ1v) is 9.09. The molecule has 5 nitrogen and oxygen atoms in total. The number of likely N-dealkylation sites (N-methyl/N-ethyl adjacent to an activating group) is 1. The fraction of sp³-hybridized carbons (Fsp3) is 0.381. The number of carbonyl (C=O) groups excluding carboxylic acids is 1. The lowest BCUT2D eigenvalue weighted by atomic mass is 9.86. The van der Waals surface area contributed by atoms with Crippen LogP contribution in [-0.2, 0) is 4.79 Å². The summed E-state index contributed by atoms with van der Waals surface area (Å²) in [6.07, 6.45) is 0.292. The topological polar surface area (TPSA) is 59.0 Å². The van der Waals surface area contributed by atoms with E-state index in [9.17, 15) is 9.90 Å². The van der Waals surface area contributed by atoms with Crippen LogP contribution < -0.4 is 9.47 Å². The van der Waals surface area contributed by atoms with Gasteiger partial charge in [0.2, 0.25) is 0 Å². The number of rotatable bonds is 7. The molecule has 0 saturated carbocycles. The number of fused-ring (bicyclic) bond motifs is 1. The summed E-state index contributed by atoms with van der Waals surface area (Å²) in [5.41, 5.74) is 1.95. The number of nitrogens with zero attached hydrogens (tertiary/aromatic N) is 1. The van der Waals surface area contributed by atoms with Crippen LogP contribution in [0.15, 0.2) is 42.5 Å². The molecule has 0 aliphatic carbocycles. The quantitative estimate of drug-likeness (QED) is 0.608. The minimum atomic E-state index is -0.285. The van der Waals surface area contributed by atoms with Gasteiger partial charge in [-0.15, -0.1) is 0 Å². The maximum Gasteiger partial charge on any atom is 0.312 e. The predicted molar refractivity (Wildman–Crippen MR) is 99.9 cm³/mol. The Hall–Kier alpha value is -2.53. The standard InChI is InChI=1S/C21H25NO4/c1-3-22(4-2)11-12-25-17-8-5-15(6-9-17)19-14-21(24)26-20-13-16(23)7-10-18(19)20/h5-10,13,19,23H,3-4,11-12,14H2,1-2H3. The summed E-state index contributed by atoms with van der Waals surface area (Å²) in [7, 11) is 0. The Morgan fingerprint density at radius 1 is 1.15 bits per heavy atom. The van der Waals surface area contributed by atoms with Crippen molar-refractivity contribution in [1.29, 1.82) is 0 Å². The van der Waals surface area contributed by atoms with E-state index in [4.69, 9.17) is 9.47 Å². The molecule has 1 N–H and O–H groups in total. The predicted octanol–water partition coefficient (Wildman–Crippen LogP) is 3.55. The molecule has 5 heteroatoms. The lowest BCUT2D eigenvalue weighted by Gasteiger charge is -2.25. The number of esters is 1. The largest absolute Gasteiger partial charge is 0.508 e. The van der Waals surface area contributed by atoms with Crippen molar-refractivity contribution in [3.05, 3.63) is 53.6 Å². The number of phenolic OH excluding ortho intramolecular Hbond substituents is 1. The molecule has 0 amide bonds. The number of phenols is 1. The Balaban J connectivity index is 1.70. The van der Waals surface area contributed by atoms with Crippen molar-refractivity contribution in [2.24, 2.45) is 0 Å². The van der Waals surface area contributed by atoms with E-state index in [1.807, 2.05) is 30.3 Å². The molecular formula is C21H25NO4. The Kier molecular flexibility index (Phi) is 5.78. The SMILES string of the molecule is CCN(CC)CCOc1ccc(C2CC(=O)Oc3cc(O)ccc32)cc1. The van der Waals surface area contributed by atoms with Crippen LogP contribution in [0.5, 0.6) is 17.2 Å². The van der Waals surface area contributed by atoms with E-state index in [1.165, 1.54) is 6.07 Å². The van der Waals surface area contributed by atoms with Crippen LogP contribution in [0.1, 0.15) is 37.3 Å². The van der Waals surface area contributed by atoms with Crippen molar-refractivity contribution in [2.45, 2.75) is 26.2 Å². The van der Waals surface area contributed by atoms with Gasteiger partial charge in [-0.25, -0.2) is 0 Å². The van der Waals surface area contributed by atoms with E-state index in [0.29, 0.717) is 18.8 Å². The van der Waals surface area contributed by atoms with Crippen LogP contribution in [0.4, 0.5) is 0 Å². The van der Waals surface area contributed by atoms with Gasteiger partial charge in [-0.1, -0.05) is 32.0 Å². The summed E-state index contributed by atoms with van der Waals surface area (Å²) in [4.78, 5) is 14.2. The number of ether oxygens (including phenoxy) is 2. The summed E-state index contributed by atoms with van der Waals surface area (Å²) >= 11 is 0. The molecular weight excluding hydrogens is 330 g/mol. The number of hydrogen-bond donors (Lipinski definition) is 1. The fourth-order valence-electron chi connectivity index (χ4n) is 3.27. The van der Waals surface area contributed by atoms with Crippen molar-refractivity contribution in [2.75, 3.05) is 26.2 Å². The molecule has 0 bridgehead atoms. The molecule has 2 aromatic rings. The van der Waals surface area contributed by atoms with Crippen LogP contribution in [0, 0.1) is 0 Å². The van der Waals surface area contributed by atoms with Gasteiger partial charge >= 0.3 is 5.97 Å². The van der Waals surface area contributed by atoms with Gasteiger partial charge in [-0.05, 0) is 36.9 Å². The van der Waals surface area contributed by atoms with Gasteiger partial charge in [0.1, 0.15) is 23.9 Å². The Morgan fingerprint density at radius 2 is 1.88 bits per heavy atom. The van der Waals surface area contributed by atoms with Gasteiger partial charge in [0.15, 0.2) is 0 Å². The second kappa shape index (κ2) is 8.23. The Bertz CT molecular complexity index is 753. The smallest absolute Gasteiger partial charge is 0.312 e. The summed E-state index contributed by atoms with van der Waals surface area (Å²) in [6.45, 7) is 7.88. The molecule has 0 spiro atoms.